The van der Waals surface area contributed by atoms with E-state index in [9.17, 15) is 19.8 Å². The van der Waals surface area contributed by atoms with E-state index in [1.807, 2.05) is 48.5 Å². The number of anilines is 3. The number of carbonyl (C=O) groups is 2. The molecule has 2 N–H and O–H groups in total. The van der Waals surface area contributed by atoms with E-state index in [2.05, 4.69) is 92.6 Å². The molecule has 0 aliphatic rings. The lowest BCUT2D eigenvalue weighted by Gasteiger charge is -2.23. The van der Waals surface area contributed by atoms with Crippen LogP contribution in [0.1, 0.15) is 20.7 Å². The Morgan fingerprint density at radius 3 is 1.48 bits per heavy atom. The number of benzene rings is 4. The first kappa shape index (κ1) is 33.5. The van der Waals surface area contributed by atoms with Gasteiger partial charge in [0.1, 0.15) is 5.76 Å². The maximum Gasteiger partial charge on any atom is 0.335 e. The van der Waals surface area contributed by atoms with Crippen LogP contribution >= 0.6 is 0 Å². The van der Waals surface area contributed by atoms with Crippen molar-refractivity contribution >= 4 is 29.2 Å². The van der Waals surface area contributed by atoms with E-state index < -0.39 is 11.9 Å². The Kier molecular flexibility index (Phi) is 9.01. The minimum Gasteiger partial charge on any atom is -0.478 e. The van der Waals surface area contributed by atoms with Crippen molar-refractivity contribution in [2.45, 2.75) is 0 Å². The summed E-state index contributed by atoms with van der Waals surface area (Å²) in [6, 6.07) is 49.9. The number of rotatable bonds is 10. The van der Waals surface area contributed by atoms with Crippen LogP contribution in [0.15, 0.2) is 175 Å². The van der Waals surface area contributed by atoms with Crippen molar-refractivity contribution < 1.29 is 24.2 Å². The molecule has 0 spiro atoms. The summed E-state index contributed by atoms with van der Waals surface area (Å²) < 4.78 is 6.57. The van der Waals surface area contributed by atoms with Gasteiger partial charge >= 0.3 is 11.9 Å². The zero-order valence-corrected chi connectivity index (χ0v) is 28.6. The van der Waals surface area contributed by atoms with Gasteiger partial charge in [-0.1, -0.05) is 84.9 Å². The Morgan fingerprint density at radius 1 is 0.463 bits per heavy atom. The third-order valence-corrected chi connectivity index (χ3v) is 8.93. The molecule has 8 aromatic rings. The lowest BCUT2D eigenvalue weighted by Crippen LogP contribution is -2.08. The van der Waals surface area contributed by atoms with Crippen LogP contribution in [0.5, 0.6) is 0 Å². The third kappa shape index (κ3) is 6.97. The number of hydrogen-bond acceptors (Lipinski definition) is 7. The van der Waals surface area contributed by atoms with Crippen molar-refractivity contribution in [3.63, 3.8) is 0 Å². The summed E-state index contributed by atoms with van der Waals surface area (Å²) in [5, 5.41) is 19.4. The van der Waals surface area contributed by atoms with Crippen molar-refractivity contribution in [3.05, 3.63) is 181 Å². The second-order valence-corrected chi connectivity index (χ2v) is 12.4. The molecule has 4 heterocycles. The summed E-state index contributed by atoms with van der Waals surface area (Å²) in [6.45, 7) is 0. The van der Waals surface area contributed by atoms with Crippen LogP contribution in [0.25, 0.3) is 56.4 Å². The fourth-order valence-electron chi connectivity index (χ4n) is 6.22. The molecule has 0 unspecified atom stereocenters. The Bertz CT molecular complexity index is 2520. The van der Waals surface area contributed by atoms with Crippen molar-refractivity contribution in [2.75, 3.05) is 4.90 Å². The molecule has 0 saturated carbocycles. The molecular weight excluding hydrogens is 677 g/mol. The first-order valence-electron chi connectivity index (χ1n) is 17.0. The molecule has 0 fully saturated rings. The number of carboxylic acids is 2. The highest BCUT2D eigenvalue weighted by molar-refractivity contribution is 5.92. The molecule has 4 aromatic heterocycles. The molecule has 0 saturated heterocycles. The van der Waals surface area contributed by atoms with E-state index in [1.54, 1.807) is 18.3 Å². The molecule has 4 aromatic carbocycles. The van der Waals surface area contributed by atoms with Gasteiger partial charge in [-0.3, -0.25) is 14.9 Å². The smallest absolute Gasteiger partial charge is 0.335 e. The molecule has 0 atom stereocenters. The lowest BCUT2D eigenvalue weighted by molar-refractivity contribution is 0.0686. The van der Waals surface area contributed by atoms with Gasteiger partial charge in [-0.05, 0) is 89.0 Å². The summed E-state index contributed by atoms with van der Waals surface area (Å²) in [5.74, 6) is -1.16. The predicted molar refractivity (Wildman–Crippen MR) is 208 cm³/mol. The van der Waals surface area contributed by atoms with Gasteiger partial charge in [0.15, 0.2) is 0 Å². The molecule has 0 radical (unpaired) electrons. The van der Waals surface area contributed by atoms with Crippen molar-refractivity contribution in [3.8, 4) is 56.4 Å². The number of furan rings is 1. The first-order valence-corrected chi connectivity index (χ1v) is 17.0. The zero-order chi connectivity index (χ0) is 37.0. The number of pyridine rings is 3. The number of aromatic carboxylic acids is 2. The monoisotopic (exact) mass is 706 g/mol. The lowest BCUT2D eigenvalue weighted by atomic mass is 10.0. The Balaban J connectivity index is 1.16. The van der Waals surface area contributed by atoms with Crippen molar-refractivity contribution in [1.82, 2.24) is 15.0 Å². The first-order chi connectivity index (χ1) is 26.4. The van der Waals surface area contributed by atoms with Crippen LogP contribution in [-0.4, -0.2) is 37.1 Å². The highest BCUT2D eigenvalue weighted by Crippen LogP contribution is 2.39. The Morgan fingerprint density at radius 2 is 0.944 bits per heavy atom. The minimum absolute atomic E-state index is 0.00569. The van der Waals surface area contributed by atoms with E-state index in [4.69, 9.17) is 4.42 Å². The van der Waals surface area contributed by atoms with Gasteiger partial charge in [0.2, 0.25) is 5.88 Å². The SMILES string of the molecule is O=C(O)c1ccnc(-c2cc(C(=O)O)cc(-c3cc(-c4ccc(N(c5ccc(-c6ccccc6)cc5)c5ccc(-c6ccccc6)cc5)o4)ccn3)n2)c1. The van der Waals surface area contributed by atoms with E-state index in [1.165, 1.54) is 30.5 Å². The van der Waals surface area contributed by atoms with Crippen LogP contribution < -0.4 is 4.90 Å². The summed E-state index contributed by atoms with van der Waals surface area (Å²) in [7, 11) is 0. The maximum atomic E-state index is 12.1. The van der Waals surface area contributed by atoms with E-state index in [0.717, 1.165) is 33.6 Å². The fraction of sp³-hybridized carbons (Fsp3) is 0. The molecule has 0 aliphatic heterocycles. The molecule has 0 bridgehead atoms. The highest BCUT2D eigenvalue weighted by Gasteiger charge is 2.19. The Hall–Kier alpha value is -7.65. The average molecular weight is 707 g/mol. The van der Waals surface area contributed by atoms with Gasteiger partial charge in [-0.2, -0.15) is 0 Å². The van der Waals surface area contributed by atoms with Crippen molar-refractivity contribution in [2.24, 2.45) is 0 Å². The van der Waals surface area contributed by atoms with Gasteiger partial charge < -0.3 is 14.6 Å². The van der Waals surface area contributed by atoms with E-state index in [0.29, 0.717) is 22.9 Å². The van der Waals surface area contributed by atoms with Crippen LogP contribution in [0.2, 0.25) is 0 Å². The van der Waals surface area contributed by atoms with Crippen molar-refractivity contribution in [1.29, 1.82) is 0 Å². The molecule has 9 heteroatoms. The quantitative estimate of drug-likeness (QED) is 0.143. The number of nitrogens with zero attached hydrogens (tertiary/aromatic N) is 4. The maximum absolute atomic E-state index is 12.1. The van der Waals surface area contributed by atoms with Crippen LogP contribution in [-0.2, 0) is 0 Å². The molecule has 0 aliphatic carbocycles. The normalized spacial score (nSPS) is 10.9. The van der Waals surface area contributed by atoms with Gasteiger partial charge in [-0.25, -0.2) is 14.6 Å². The molecule has 54 heavy (non-hydrogen) atoms. The van der Waals surface area contributed by atoms with Crippen LogP contribution in [0, 0.1) is 0 Å². The number of hydrogen-bond donors (Lipinski definition) is 2. The van der Waals surface area contributed by atoms with Gasteiger partial charge in [0.05, 0.1) is 33.9 Å². The van der Waals surface area contributed by atoms with Crippen LogP contribution in [0.4, 0.5) is 17.3 Å². The standard InChI is InChI=1S/C45H30N4O5/c50-44(51)34-22-24-47-39(26-34)41-28-35(45(52)53)27-40(48-41)38-25-33(21-23-46-38)42-19-20-43(54-42)49(36-15-11-31(12-16-36)29-7-3-1-4-8-29)37-17-13-32(14-18-37)30-9-5-2-6-10-30/h1-28H,(H,50,51)(H,52,53). The number of aromatic nitrogens is 3. The van der Waals surface area contributed by atoms with Gasteiger partial charge in [-0.15, -0.1) is 0 Å². The average Bonchev–Trinajstić information content (AvgIpc) is 3.72. The second kappa shape index (κ2) is 14.5. The summed E-state index contributed by atoms with van der Waals surface area (Å²) >= 11 is 0. The Labute approximate surface area is 310 Å². The van der Waals surface area contributed by atoms with E-state index >= 15 is 0 Å². The third-order valence-electron chi connectivity index (χ3n) is 8.93. The summed E-state index contributed by atoms with van der Waals surface area (Å²) in [6.07, 6.45) is 2.95. The molecule has 260 valence electrons. The number of carboxylic acid groups (broad SMARTS) is 2. The molecule has 9 nitrogen and oxygen atoms in total. The fourth-order valence-corrected chi connectivity index (χ4v) is 6.22. The topological polar surface area (TPSA) is 130 Å². The van der Waals surface area contributed by atoms with Gasteiger partial charge in [0, 0.05) is 35.4 Å². The van der Waals surface area contributed by atoms with Crippen LogP contribution in [0.3, 0.4) is 0 Å². The molecular formula is C45H30N4O5. The molecule has 8 rings (SSSR count). The highest BCUT2D eigenvalue weighted by atomic mass is 16.4. The molecule has 0 amide bonds. The zero-order valence-electron chi connectivity index (χ0n) is 28.6. The summed E-state index contributed by atoms with van der Waals surface area (Å²) in [5.41, 5.74) is 8.00. The largest absolute Gasteiger partial charge is 0.478 e. The predicted octanol–water partition coefficient (Wildman–Crippen LogP) is 10.7. The second-order valence-electron chi connectivity index (χ2n) is 12.4. The van der Waals surface area contributed by atoms with Gasteiger partial charge in [0.25, 0.3) is 0 Å². The minimum atomic E-state index is -1.17. The summed E-state index contributed by atoms with van der Waals surface area (Å²) in [4.78, 5) is 39.2. The van der Waals surface area contributed by atoms with E-state index in [-0.39, 0.29) is 28.2 Å².